The van der Waals surface area contributed by atoms with Crippen molar-refractivity contribution >= 4 is 23.5 Å². The number of ether oxygens (including phenoxy) is 1. The predicted octanol–water partition coefficient (Wildman–Crippen LogP) is 0.329. The van der Waals surface area contributed by atoms with E-state index in [1.165, 1.54) is 32.4 Å². The summed E-state index contributed by atoms with van der Waals surface area (Å²) in [6, 6.07) is 3.88. The molecule has 0 fully saturated rings. The first-order valence-corrected chi connectivity index (χ1v) is 5.37. The van der Waals surface area contributed by atoms with Crippen LogP contribution < -0.4 is 10.6 Å². The number of anilines is 1. The van der Waals surface area contributed by atoms with Gasteiger partial charge in [-0.05, 0) is 18.2 Å². The molecule has 7 nitrogen and oxygen atoms in total. The van der Waals surface area contributed by atoms with Gasteiger partial charge in [0.25, 0.3) is 5.91 Å². The summed E-state index contributed by atoms with van der Waals surface area (Å²) < 4.78 is 4.64. The van der Waals surface area contributed by atoms with Gasteiger partial charge in [0, 0.05) is 25.4 Å². The Morgan fingerprint density at radius 1 is 1.21 bits per heavy atom. The first-order valence-electron chi connectivity index (χ1n) is 5.37. The largest absolute Gasteiger partial charge is 0.478 e. The maximum Gasteiger partial charge on any atom is 0.335 e. The molecule has 0 saturated heterocycles. The zero-order valence-electron chi connectivity index (χ0n) is 10.5. The summed E-state index contributed by atoms with van der Waals surface area (Å²) in [5, 5.41) is 13.8. The molecular formula is C12H14N2O5. The fourth-order valence-electron chi connectivity index (χ4n) is 1.43. The maximum atomic E-state index is 11.5. The zero-order valence-corrected chi connectivity index (χ0v) is 10.5. The van der Waals surface area contributed by atoms with Crippen molar-refractivity contribution < 1.29 is 24.2 Å². The Labute approximate surface area is 109 Å². The van der Waals surface area contributed by atoms with E-state index in [0.29, 0.717) is 0 Å². The molecule has 0 saturated carbocycles. The van der Waals surface area contributed by atoms with Crippen molar-refractivity contribution in [1.29, 1.82) is 0 Å². The van der Waals surface area contributed by atoms with Crippen LogP contribution in [0.5, 0.6) is 0 Å². The lowest BCUT2D eigenvalue weighted by Gasteiger charge is -2.08. The fraction of sp³-hybridized carbons (Fsp3) is 0.250. The van der Waals surface area contributed by atoms with E-state index < -0.39 is 17.8 Å². The Kier molecular flexibility index (Phi) is 5.01. The second-order valence-corrected chi connectivity index (χ2v) is 3.66. The third-order valence-electron chi connectivity index (χ3n) is 2.23. The summed E-state index contributed by atoms with van der Waals surface area (Å²) in [6.45, 7) is -0.160. The van der Waals surface area contributed by atoms with Crippen LogP contribution in [0.3, 0.4) is 0 Å². The van der Waals surface area contributed by atoms with E-state index in [1.54, 1.807) is 0 Å². The van der Waals surface area contributed by atoms with Crippen LogP contribution in [0.15, 0.2) is 18.2 Å². The lowest BCUT2D eigenvalue weighted by molar-refractivity contribution is -0.119. The minimum atomic E-state index is -1.19. The summed E-state index contributed by atoms with van der Waals surface area (Å²) >= 11 is 0. The molecule has 0 aliphatic heterocycles. The third kappa shape index (κ3) is 4.07. The molecule has 7 heteroatoms. The van der Waals surface area contributed by atoms with Crippen LogP contribution in [-0.4, -0.2) is 43.7 Å². The number of nitrogens with one attached hydrogen (secondary N) is 2. The minimum Gasteiger partial charge on any atom is -0.478 e. The average molecular weight is 266 g/mol. The molecule has 1 rings (SSSR count). The van der Waals surface area contributed by atoms with Crippen molar-refractivity contribution in [3.8, 4) is 0 Å². The molecule has 0 aliphatic carbocycles. The van der Waals surface area contributed by atoms with Crippen molar-refractivity contribution in [2.75, 3.05) is 26.1 Å². The third-order valence-corrected chi connectivity index (χ3v) is 2.23. The SMILES string of the molecule is CNC(=O)c1cc(NC(=O)COC)cc(C(=O)O)c1. The highest BCUT2D eigenvalue weighted by molar-refractivity contribution is 6.00. The summed E-state index contributed by atoms with van der Waals surface area (Å²) in [7, 11) is 2.79. The molecule has 1 aromatic rings. The zero-order chi connectivity index (χ0) is 14.4. The van der Waals surface area contributed by atoms with Crippen molar-refractivity contribution in [1.82, 2.24) is 5.32 Å². The first-order chi connectivity index (χ1) is 8.97. The molecule has 2 amide bonds. The average Bonchev–Trinajstić information content (AvgIpc) is 2.37. The van der Waals surface area contributed by atoms with Crippen LogP contribution >= 0.6 is 0 Å². The van der Waals surface area contributed by atoms with Gasteiger partial charge in [-0.25, -0.2) is 4.79 Å². The quantitative estimate of drug-likeness (QED) is 0.712. The Morgan fingerprint density at radius 2 is 1.84 bits per heavy atom. The van der Waals surface area contributed by atoms with Crippen molar-refractivity contribution in [3.63, 3.8) is 0 Å². The van der Waals surface area contributed by atoms with Gasteiger partial charge in [-0.2, -0.15) is 0 Å². The summed E-state index contributed by atoms with van der Waals surface area (Å²) in [6.07, 6.45) is 0. The number of methoxy groups -OCH3 is 1. The number of rotatable bonds is 5. The van der Waals surface area contributed by atoms with Gasteiger partial charge < -0.3 is 20.5 Å². The number of carbonyl (C=O) groups is 3. The Balaban J connectivity index is 3.09. The maximum absolute atomic E-state index is 11.5. The second kappa shape index (κ2) is 6.50. The number of amides is 2. The topological polar surface area (TPSA) is 105 Å². The minimum absolute atomic E-state index is 0.0891. The van der Waals surface area contributed by atoms with E-state index >= 15 is 0 Å². The molecule has 0 radical (unpaired) electrons. The van der Waals surface area contributed by atoms with E-state index in [4.69, 9.17) is 5.11 Å². The predicted molar refractivity (Wildman–Crippen MR) is 67.3 cm³/mol. The van der Waals surface area contributed by atoms with Crippen LogP contribution in [-0.2, 0) is 9.53 Å². The van der Waals surface area contributed by atoms with E-state index in [-0.39, 0.29) is 23.4 Å². The van der Waals surface area contributed by atoms with Crippen LogP contribution in [0.2, 0.25) is 0 Å². The summed E-state index contributed by atoms with van der Waals surface area (Å²) in [4.78, 5) is 33.8. The van der Waals surface area contributed by atoms with Crippen LogP contribution in [0, 0.1) is 0 Å². The smallest absolute Gasteiger partial charge is 0.335 e. The van der Waals surface area contributed by atoms with Gasteiger partial charge in [-0.1, -0.05) is 0 Å². The Bertz CT molecular complexity index is 513. The lowest BCUT2D eigenvalue weighted by atomic mass is 10.1. The normalized spacial score (nSPS) is 9.79. The number of aromatic carboxylic acids is 1. The highest BCUT2D eigenvalue weighted by Crippen LogP contribution is 2.15. The molecule has 0 aliphatic rings. The van der Waals surface area contributed by atoms with E-state index in [0.717, 1.165) is 0 Å². The van der Waals surface area contributed by atoms with Crippen molar-refractivity contribution in [3.05, 3.63) is 29.3 Å². The van der Waals surface area contributed by atoms with Crippen molar-refractivity contribution in [2.24, 2.45) is 0 Å². The number of carbonyl (C=O) groups excluding carboxylic acids is 2. The molecule has 3 N–H and O–H groups in total. The number of benzene rings is 1. The molecule has 0 atom stereocenters. The molecule has 102 valence electrons. The molecule has 0 spiro atoms. The first kappa shape index (κ1) is 14.7. The van der Waals surface area contributed by atoms with Gasteiger partial charge in [0.2, 0.25) is 5.91 Å². The number of hydrogen-bond donors (Lipinski definition) is 3. The summed E-state index contributed by atoms with van der Waals surface area (Å²) in [5.41, 5.74) is 0.282. The highest BCUT2D eigenvalue weighted by Gasteiger charge is 2.12. The van der Waals surface area contributed by atoms with Gasteiger partial charge in [0.1, 0.15) is 6.61 Å². The molecule has 0 bridgehead atoms. The van der Waals surface area contributed by atoms with Gasteiger partial charge in [0.15, 0.2) is 0 Å². The second-order valence-electron chi connectivity index (χ2n) is 3.66. The molecule has 1 aromatic carbocycles. The van der Waals surface area contributed by atoms with Crippen LogP contribution in [0.25, 0.3) is 0 Å². The number of carboxylic acid groups (broad SMARTS) is 1. The van der Waals surface area contributed by atoms with Crippen LogP contribution in [0.4, 0.5) is 5.69 Å². The van der Waals surface area contributed by atoms with Gasteiger partial charge in [-0.3, -0.25) is 9.59 Å². The Hall–Kier alpha value is -2.41. The number of hydrogen-bond acceptors (Lipinski definition) is 4. The highest BCUT2D eigenvalue weighted by atomic mass is 16.5. The number of carboxylic acids is 1. The van der Waals surface area contributed by atoms with E-state index in [9.17, 15) is 14.4 Å². The monoisotopic (exact) mass is 266 g/mol. The van der Waals surface area contributed by atoms with Gasteiger partial charge >= 0.3 is 5.97 Å². The van der Waals surface area contributed by atoms with Gasteiger partial charge in [0.05, 0.1) is 5.56 Å². The Morgan fingerprint density at radius 3 is 2.37 bits per heavy atom. The molecule has 0 unspecified atom stereocenters. The van der Waals surface area contributed by atoms with E-state index in [2.05, 4.69) is 15.4 Å². The van der Waals surface area contributed by atoms with Crippen LogP contribution in [0.1, 0.15) is 20.7 Å². The van der Waals surface area contributed by atoms with Crippen molar-refractivity contribution in [2.45, 2.75) is 0 Å². The van der Waals surface area contributed by atoms with E-state index in [1.807, 2.05) is 0 Å². The summed E-state index contributed by atoms with van der Waals surface area (Å²) in [5.74, 6) is -2.06. The molecule has 0 aromatic heterocycles. The molecule has 19 heavy (non-hydrogen) atoms. The van der Waals surface area contributed by atoms with Gasteiger partial charge in [-0.15, -0.1) is 0 Å². The molecule has 0 heterocycles. The molecular weight excluding hydrogens is 252 g/mol. The lowest BCUT2D eigenvalue weighted by Crippen LogP contribution is -2.20. The standard InChI is InChI=1S/C12H14N2O5/c1-13-11(16)7-3-8(12(17)18)5-9(4-7)14-10(15)6-19-2/h3-5H,6H2,1-2H3,(H,13,16)(H,14,15)(H,17,18). The fourth-order valence-corrected chi connectivity index (χ4v) is 1.43.